The number of hydrogen-bond acceptors (Lipinski definition) is 3. The molecule has 2 amide bonds. The van der Waals surface area contributed by atoms with Gasteiger partial charge in [-0.15, -0.1) is 0 Å². The molecule has 0 radical (unpaired) electrons. The molecule has 5 heteroatoms. The Labute approximate surface area is 160 Å². The van der Waals surface area contributed by atoms with E-state index in [2.05, 4.69) is 41.7 Å². The Bertz CT molecular complexity index is 822. The first-order valence-electron chi connectivity index (χ1n) is 9.52. The lowest BCUT2D eigenvalue weighted by Crippen LogP contribution is -2.49. The summed E-state index contributed by atoms with van der Waals surface area (Å²) in [6.45, 7) is 4.02. The van der Waals surface area contributed by atoms with Crippen LogP contribution in [0.2, 0.25) is 0 Å². The Morgan fingerprint density at radius 1 is 1.11 bits per heavy atom. The molecule has 2 aliphatic rings. The standard InChI is InChI=1S/C22H25N3O2/c1-17-7-9-19(10-8-17)20-15-22(27-24-20)11-13-25(14-12-22)21(26)23-16-18-5-3-2-4-6-18/h2-10H,11-16H2,1H3,(H,23,26). The zero-order chi connectivity index (χ0) is 18.7. The molecule has 4 rings (SSSR count). The van der Waals surface area contributed by atoms with Crippen LogP contribution in [0.4, 0.5) is 4.79 Å². The lowest BCUT2D eigenvalue weighted by atomic mass is 9.85. The first kappa shape index (κ1) is 17.6. The van der Waals surface area contributed by atoms with E-state index in [0.717, 1.165) is 36.1 Å². The molecule has 2 aliphatic heterocycles. The van der Waals surface area contributed by atoms with Gasteiger partial charge in [0.15, 0.2) is 0 Å². The van der Waals surface area contributed by atoms with Gasteiger partial charge in [-0.3, -0.25) is 0 Å². The van der Waals surface area contributed by atoms with E-state index in [1.54, 1.807) is 0 Å². The Kier molecular flexibility index (Phi) is 4.84. The lowest BCUT2D eigenvalue weighted by molar-refractivity contribution is -0.0550. The average molecular weight is 363 g/mol. The van der Waals surface area contributed by atoms with Crippen molar-refractivity contribution in [1.29, 1.82) is 0 Å². The van der Waals surface area contributed by atoms with Gasteiger partial charge in [0.2, 0.25) is 0 Å². The monoisotopic (exact) mass is 363 g/mol. The molecule has 1 saturated heterocycles. The molecule has 0 bridgehead atoms. The van der Waals surface area contributed by atoms with Crippen LogP contribution < -0.4 is 5.32 Å². The second-order valence-electron chi connectivity index (χ2n) is 7.49. The van der Waals surface area contributed by atoms with Crippen molar-refractivity contribution in [3.05, 3.63) is 71.3 Å². The minimum Gasteiger partial charge on any atom is -0.388 e. The molecule has 2 aromatic rings. The number of likely N-dealkylation sites (tertiary alicyclic amines) is 1. The van der Waals surface area contributed by atoms with E-state index in [-0.39, 0.29) is 11.6 Å². The maximum absolute atomic E-state index is 12.4. The summed E-state index contributed by atoms with van der Waals surface area (Å²) in [7, 11) is 0. The molecule has 0 atom stereocenters. The van der Waals surface area contributed by atoms with Crippen LogP contribution in [0.15, 0.2) is 59.8 Å². The molecule has 27 heavy (non-hydrogen) atoms. The van der Waals surface area contributed by atoms with E-state index in [0.29, 0.717) is 19.6 Å². The highest BCUT2D eigenvalue weighted by Crippen LogP contribution is 2.36. The third-order valence-electron chi connectivity index (χ3n) is 5.47. The smallest absolute Gasteiger partial charge is 0.317 e. The van der Waals surface area contributed by atoms with Gasteiger partial charge in [-0.2, -0.15) is 0 Å². The second kappa shape index (κ2) is 7.43. The number of carbonyl (C=O) groups is 1. The van der Waals surface area contributed by atoms with E-state index >= 15 is 0 Å². The van der Waals surface area contributed by atoms with Crippen LogP contribution in [-0.2, 0) is 11.4 Å². The molecular formula is C22H25N3O2. The first-order valence-corrected chi connectivity index (χ1v) is 9.52. The number of aryl methyl sites for hydroxylation is 1. The number of nitrogens with zero attached hydrogens (tertiary/aromatic N) is 2. The Hall–Kier alpha value is -2.82. The van der Waals surface area contributed by atoms with Gasteiger partial charge in [-0.25, -0.2) is 4.79 Å². The summed E-state index contributed by atoms with van der Waals surface area (Å²) < 4.78 is 0. The molecule has 0 unspecified atom stereocenters. The molecule has 1 fully saturated rings. The van der Waals surface area contributed by atoms with Gasteiger partial charge in [0.25, 0.3) is 0 Å². The summed E-state index contributed by atoms with van der Waals surface area (Å²) in [6.07, 6.45) is 2.44. The number of benzene rings is 2. The topological polar surface area (TPSA) is 53.9 Å². The second-order valence-corrected chi connectivity index (χ2v) is 7.49. The normalized spacial score (nSPS) is 18.1. The predicted octanol–water partition coefficient (Wildman–Crippen LogP) is 3.86. The van der Waals surface area contributed by atoms with Crippen LogP contribution in [0.1, 0.15) is 36.0 Å². The number of nitrogens with one attached hydrogen (secondary N) is 1. The molecule has 0 aliphatic carbocycles. The van der Waals surface area contributed by atoms with Gasteiger partial charge >= 0.3 is 6.03 Å². The van der Waals surface area contributed by atoms with Gasteiger partial charge in [-0.1, -0.05) is 65.3 Å². The van der Waals surface area contributed by atoms with E-state index in [1.165, 1.54) is 5.56 Å². The highest BCUT2D eigenvalue weighted by atomic mass is 16.7. The Balaban J connectivity index is 1.29. The summed E-state index contributed by atoms with van der Waals surface area (Å²) in [5.74, 6) is 0. The number of piperidine rings is 1. The third kappa shape index (κ3) is 3.97. The van der Waals surface area contributed by atoms with Crippen LogP contribution >= 0.6 is 0 Å². The van der Waals surface area contributed by atoms with E-state index in [4.69, 9.17) is 4.84 Å². The van der Waals surface area contributed by atoms with E-state index in [1.807, 2.05) is 35.2 Å². The lowest BCUT2D eigenvalue weighted by Gasteiger charge is -2.37. The average Bonchev–Trinajstić information content (AvgIpc) is 3.11. The quantitative estimate of drug-likeness (QED) is 0.900. The fourth-order valence-electron chi connectivity index (χ4n) is 3.69. The summed E-state index contributed by atoms with van der Waals surface area (Å²) in [6, 6.07) is 18.4. The Morgan fingerprint density at radius 2 is 1.81 bits per heavy atom. The van der Waals surface area contributed by atoms with Gasteiger partial charge in [-0.05, 0) is 18.1 Å². The largest absolute Gasteiger partial charge is 0.388 e. The maximum Gasteiger partial charge on any atom is 0.317 e. The number of oxime groups is 1. The van der Waals surface area contributed by atoms with Crippen molar-refractivity contribution in [1.82, 2.24) is 10.2 Å². The van der Waals surface area contributed by atoms with Gasteiger partial charge < -0.3 is 15.1 Å². The zero-order valence-electron chi connectivity index (χ0n) is 15.6. The summed E-state index contributed by atoms with van der Waals surface area (Å²) in [5, 5.41) is 7.36. The molecule has 0 saturated carbocycles. The minimum atomic E-state index is -0.254. The van der Waals surface area contributed by atoms with Gasteiger partial charge in [0.05, 0.1) is 5.71 Å². The van der Waals surface area contributed by atoms with Crippen LogP contribution in [0.5, 0.6) is 0 Å². The summed E-state index contributed by atoms with van der Waals surface area (Å²) in [4.78, 5) is 20.2. The minimum absolute atomic E-state index is 0.00798. The molecule has 5 nitrogen and oxygen atoms in total. The fourth-order valence-corrected chi connectivity index (χ4v) is 3.69. The molecule has 140 valence electrons. The highest BCUT2D eigenvalue weighted by molar-refractivity contribution is 6.01. The SMILES string of the molecule is Cc1ccc(C2=NOC3(CCN(C(=O)NCc4ccccc4)CC3)C2)cc1. The Morgan fingerprint density at radius 3 is 2.52 bits per heavy atom. The zero-order valence-corrected chi connectivity index (χ0v) is 15.6. The third-order valence-corrected chi connectivity index (χ3v) is 5.47. The maximum atomic E-state index is 12.4. The van der Waals surface area contributed by atoms with Crippen molar-refractivity contribution in [2.75, 3.05) is 13.1 Å². The number of amides is 2. The number of hydrogen-bond donors (Lipinski definition) is 1. The van der Waals surface area contributed by atoms with Crippen molar-refractivity contribution in [2.24, 2.45) is 5.16 Å². The molecule has 1 N–H and O–H groups in total. The first-order chi connectivity index (χ1) is 13.1. The molecule has 0 aromatic heterocycles. The molecule has 2 heterocycles. The van der Waals surface area contributed by atoms with Crippen LogP contribution in [0.25, 0.3) is 0 Å². The highest BCUT2D eigenvalue weighted by Gasteiger charge is 2.43. The summed E-state index contributed by atoms with van der Waals surface area (Å²) in [5.41, 5.74) is 4.23. The van der Waals surface area contributed by atoms with Crippen molar-refractivity contribution in [3.63, 3.8) is 0 Å². The molecule has 2 aromatic carbocycles. The van der Waals surface area contributed by atoms with Gasteiger partial charge in [0, 0.05) is 38.9 Å². The summed E-state index contributed by atoms with van der Waals surface area (Å²) >= 11 is 0. The van der Waals surface area contributed by atoms with E-state index < -0.39 is 0 Å². The van der Waals surface area contributed by atoms with Crippen molar-refractivity contribution in [3.8, 4) is 0 Å². The molecule has 1 spiro atoms. The van der Waals surface area contributed by atoms with Gasteiger partial charge in [0.1, 0.15) is 5.60 Å². The van der Waals surface area contributed by atoms with Crippen LogP contribution in [0.3, 0.4) is 0 Å². The van der Waals surface area contributed by atoms with Crippen molar-refractivity contribution < 1.29 is 9.63 Å². The fraction of sp³-hybridized carbons (Fsp3) is 0.364. The van der Waals surface area contributed by atoms with Crippen molar-refractivity contribution in [2.45, 2.75) is 38.3 Å². The van der Waals surface area contributed by atoms with Crippen LogP contribution in [-0.4, -0.2) is 35.3 Å². The number of carbonyl (C=O) groups excluding carboxylic acids is 1. The van der Waals surface area contributed by atoms with Crippen molar-refractivity contribution >= 4 is 11.7 Å². The predicted molar refractivity (Wildman–Crippen MR) is 106 cm³/mol. The van der Waals surface area contributed by atoms with Crippen LogP contribution in [0, 0.1) is 6.92 Å². The number of urea groups is 1. The van der Waals surface area contributed by atoms with E-state index in [9.17, 15) is 4.79 Å². The number of rotatable bonds is 3. The molecular weight excluding hydrogens is 338 g/mol.